The highest BCUT2D eigenvalue weighted by Crippen LogP contribution is 2.24. The zero-order valence-electron chi connectivity index (χ0n) is 9.78. The van der Waals surface area contributed by atoms with Gasteiger partial charge < -0.3 is 9.88 Å². The zero-order valence-corrected chi connectivity index (χ0v) is 10.6. The molecule has 0 saturated carbocycles. The van der Waals surface area contributed by atoms with E-state index in [0.717, 1.165) is 22.3 Å². The van der Waals surface area contributed by atoms with Gasteiger partial charge in [-0.05, 0) is 30.9 Å². The van der Waals surface area contributed by atoms with E-state index in [4.69, 9.17) is 0 Å². The maximum absolute atomic E-state index is 12.0. The smallest absolute Gasteiger partial charge is 0.268 e. The number of aromatic nitrogens is 1. The average molecular weight is 236 g/mol. The highest BCUT2D eigenvalue weighted by atomic mass is 32.1. The van der Waals surface area contributed by atoms with Crippen LogP contribution in [0.3, 0.4) is 0 Å². The van der Waals surface area contributed by atoms with Gasteiger partial charge in [-0.15, -0.1) is 11.3 Å². The Morgan fingerprint density at radius 3 is 3.00 bits per heavy atom. The molecule has 2 aromatic heterocycles. The van der Waals surface area contributed by atoms with Crippen LogP contribution < -0.4 is 5.32 Å². The van der Waals surface area contributed by atoms with Crippen LogP contribution >= 0.6 is 11.3 Å². The molecule has 0 aliphatic heterocycles. The molecular formula is C12H16N2OS. The Balaban J connectivity index is 2.29. The minimum atomic E-state index is 0.0141. The third-order valence-corrected chi connectivity index (χ3v) is 3.74. The van der Waals surface area contributed by atoms with E-state index >= 15 is 0 Å². The topological polar surface area (TPSA) is 34.0 Å². The normalized spacial score (nSPS) is 12.9. The third kappa shape index (κ3) is 1.85. The van der Waals surface area contributed by atoms with Crippen LogP contribution in [-0.2, 0) is 7.05 Å². The molecule has 0 bridgehead atoms. The largest absolute Gasteiger partial charge is 0.348 e. The SMILES string of the molecule is CCC(C)NC(=O)c1cc2sccc2n1C. The van der Waals surface area contributed by atoms with Crippen molar-refractivity contribution in [3.8, 4) is 0 Å². The fourth-order valence-electron chi connectivity index (χ4n) is 1.67. The number of hydrogen-bond donors (Lipinski definition) is 1. The number of rotatable bonds is 3. The van der Waals surface area contributed by atoms with E-state index in [1.807, 2.05) is 36.1 Å². The molecule has 0 aliphatic rings. The minimum Gasteiger partial charge on any atom is -0.348 e. The molecule has 0 radical (unpaired) electrons. The van der Waals surface area contributed by atoms with Gasteiger partial charge in [-0.1, -0.05) is 6.92 Å². The Morgan fingerprint density at radius 1 is 1.62 bits per heavy atom. The lowest BCUT2D eigenvalue weighted by Crippen LogP contribution is -2.33. The average Bonchev–Trinajstić information content (AvgIpc) is 2.81. The molecule has 4 heteroatoms. The molecular weight excluding hydrogens is 220 g/mol. The van der Waals surface area contributed by atoms with Gasteiger partial charge >= 0.3 is 0 Å². The summed E-state index contributed by atoms with van der Waals surface area (Å²) in [5.74, 6) is 0.0141. The van der Waals surface area contributed by atoms with Crippen LogP contribution in [0.4, 0.5) is 0 Å². The summed E-state index contributed by atoms with van der Waals surface area (Å²) in [5, 5.41) is 5.02. The maximum Gasteiger partial charge on any atom is 0.268 e. The number of carbonyl (C=O) groups is 1. The van der Waals surface area contributed by atoms with E-state index in [2.05, 4.69) is 12.2 Å². The summed E-state index contributed by atoms with van der Waals surface area (Å²) in [6.45, 7) is 4.08. The summed E-state index contributed by atoms with van der Waals surface area (Å²) in [7, 11) is 1.93. The second kappa shape index (κ2) is 4.29. The van der Waals surface area contributed by atoms with Crippen molar-refractivity contribution < 1.29 is 4.79 Å². The number of carbonyl (C=O) groups excluding carboxylic acids is 1. The number of thiophene rings is 1. The van der Waals surface area contributed by atoms with Crippen LogP contribution in [0.25, 0.3) is 10.2 Å². The van der Waals surface area contributed by atoms with E-state index in [1.54, 1.807) is 11.3 Å². The Labute approximate surface area is 99.1 Å². The van der Waals surface area contributed by atoms with Gasteiger partial charge in [0.1, 0.15) is 5.69 Å². The summed E-state index contributed by atoms with van der Waals surface area (Å²) in [6, 6.07) is 4.22. The molecule has 0 aromatic carbocycles. The lowest BCUT2D eigenvalue weighted by atomic mass is 10.2. The van der Waals surface area contributed by atoms with Crippen LogP contribution in [0, 0.1) is 0 Å². The van der Waals surface area contributed by atoms with Gasteiger partial charge in [-0.3, -0.25) is 4.79 Å². The van der Waals surface area contributed by atoms with Crippen molar-refractivity contribution in [1.82, 2.24) is 9.88 Å². The van der Waals surface area contributed by atoms with E-state index in [-0.39, 0.29) is 11.9 Å². The Kier molecular flexibility index (Phi) is 3.01. The first-order valence-electron chi connectivity index (χ1n) is 5.47. The number of amides is 1. The first-order chi connectivity index (χ1) is 7.63. The van der Waals surface area contributed by atoms with Crippen LogP contribution in [-0.4, -0.2) is 16.5 Å². The molecule has 3 nitrogen and oxygen atoms in total. The second-order valence-corrected chi connectivity index (χ2v) is 4.99. The van der Waals surface area contributed by atoms with Crippen molar-refractivity contribution in [2.45, 2.75) is 26.3 Å². The monoisotopic (exact) mass is 236 g/mol. The Morgan fingerprint density at radius 2 is 2.38 bits per heavy atom. The van der Waals surface area contributed by atoms with Gasteiger partial charge in [-0.25, -0.2) is 0 Å². The quantitative estimate of drug-likeness (QED) is 0.873. The van der Waals surface area contributed by atoms with Crippen molar-refractivity contribution in [2.75, 3.05) is 0 Å². The van der Waals surface area contributed by atoms with E-state index in [0.29, 0.717) is 0 Å². The number of hydrogen-bond acceptors (Lipinski definition) is 2. The van der Waals surface area contributed by atoms with Crippen LogP contribution in [0.2, 0.25) is 0 Å². The highest BCUT2D eigenvalue weighted by molar-refractivity contribution is 7.17. The first kappa shape index (κ1) is 11.2. The fourth-order valence-corrected chi connectivity index (χ4v) is 2.52. The highest BCUT2D eigenvalue weighted by Gasteiger charge is 2.14. The van der Waals surface area contributed by atoms with Crippen LogP contribution in [0.5, 0.6) is 0 Å². The molecule has 2 rings (SSSR count). The lowest BCUT2D eigenvalue weighted by Gasteiger charge is -2.11. The molecule has 0 fully saturated rings. The summed E-state index contributed by atoms with van der Waals surface area (Å²) >= 11 is 1.66. The second-order valence-electron chi connectivity index (χ2n) is 4.04. The molecule has 1 unspecified atom stereocenters. The van der Waals surface area contributed by atoms with Gasteiger partial charge in [0.25, 0.3) is 5.91 Å². The zero-order chi connectivity index (χ0) is 11.7. The Hall–Kier alpha value is -1.29. The van der Waals surface area contributed by atoms with Crippen molar-refractivity contribution in [2.24, 2.45) is 7.05 Å². The van der Waals surface area contributed by atoms with Crippen LogP contribution in [0.1, 0.15) is 30.8 Å². The molecule has 1 amide bonds. The van der Waals surface area contributed by atoms with Crippen molar-refractivity contribution in [3.05, 3.63) is 23.2 Å². The van der Waals surface area contributed by atoms with Gasteiger partial charge in [0, 0.05) is 13.1 Å². The number of aryl methyl sites for hydroxylation is 1. The third-order valence-electron chi connectivity index (χ3n) is 2.89. The standard InChI is InChI=1S/C12H16N2OS/c1-4-8(2)13-12(15)10-7-11-9(14(10)3)5-6-16-11/h5-8H,4H2,1-3H3,(H,13,15). The van der Waals surface area contributed by atoms with E-state index < -0.39 is 0 Å². The molecule has 86 valence electrons. The molecule has 0 saturated heterocycles. The molecule has 0 aliphatic carbocycles. The molecule has 2 aromatic rings. The van der Waals surface area contributed by atoms with Gasteiger partial charge in [-0.2, -0.15) is 0 Å². The molecule has 16 heavy (non-hydrogen) atoms. The lowest BCUT2D eigenvalue weighted by molar-refractivity contribution is 0.0931. The van der Waals surface area contributed by atoms with Gasteiger partial charge in [0.2, 0.25) is 0 Å². The van der Waals surface area contributed by atoms with Crippen molar-refractivity contribution in [1.29, 1.82) is 0 Å². The summed E-state index contributed by atoms with van der Waals surface area (Å²) < 4.78 is 3.11. The summed E-state index contributed by atoms with van der Waals surface area (Å²) in [5.41, 5.74) is 1.86. The predicted molar refractivity (Wildman–Crippen MR) is 68.0 cm³/mol. The van der Waals surface area contributed by atoms with Gasteiger partial charge in [0.05, 0.1) is 10.2 Å². The maximum atomic E-state index is 12.0. The molecule has 0 spiro atoms. The van der Waals surface area contributed by atoms with Crippen molar-refractivity contribution in [3.63, 3.8) is 0 Å². The van der Waals surface area contributed by atoms with Crippen molar-refractivity contribution >= 4 is 27.5 Å². The molecule has 1 N–H and O–H groups in total. The van der Waals surface area contributed by atoms with E-state index in [9.17, 15) is 4.79 Å². The summed E-state index contributed by atoms with van der Waals surface area (Å²) in [6.07, 6.45) is 0.949. The van der Waals surface area contributed by atoms with Crippen LogP contribution in [0.15, 0.2) is 17.5 Å². The number of nitrogens with one attached hydrogen (secondary N) is 1. The summed E-state index contributed by atoms with van der Waals surface area (Å²) in [4.78, 5) is 12.0. The minimum absolute atomic E-state index is 0.0141. The number of fused-ring (bicyclic) bond motifs is 1. The fraction of sp³-hybridized carbons (Fsp3) is 0.417. The van der Waals surface area contributed by atoms with Gasteiger partial charge in [0.15, 0.2) is 0 Å². The van der Waals surface area contributed by atoms with E-state index in [1.165, 1.54) is 0 Å². The first-order valence-corrected chi connectivity index (χ1v) is 6.35. The molecule has 2 heterocycles. The predicted octanol–water partition coefficient (Wildman–Crippen LogP) is 2.77. The Bertz CT molecular complexity index is 512. The molecule has 1 atom stereocenters. The number of nitrogens with zero attached hydrogens (tertiary/aromatic N) is 1.